The Morgan fingerprint density at radius 3 is 2.86 bits per heavy atom. The number of ether oxygens (including phenoxy) is 1. The summed E-state index contributed by atoms with van der Waals surface area (Å²) in [6, 6.07) is 5.12. The fourth-order valence-corrected chi connectivity index (χ4v) is 3.74. The van der Waals surface area contributed by atoms with Crippen molar-refractivity contribution in [2.24, 2.45) is 11.1 Å². The van der Waals surface area contributed by atoms with Crippen molar-refractivity contribution in [2.75, 3.05) is 20.3 Å². The van der Waals surface area contributed by atoms with Crippen molar-refractivity contribution in [3.05, 3.63) is 42.2 Å². The van der Waals surface area contributed by atoms with E-state index in [1.165, 1.54) is 12.6 Å². The fourth-order valence-electron chi connectivity index (χ4n) is 3.74. The predicted octanol–water partition coefficient (Wildman–Crippen LogP) is 2.02. The van der Waals surface area contributed by atoms with E-state index in [0.29, 0.717) is 24.6 Å². The van der Waals surface area contributed by atoms with Gasteiger partial charge in [-0.2, -0.15) is 0 Å². The summed E-state index contributed by atoms with van der Waals surface area (Å²) in [5.74, 6) is -0.507. The first-order valence-electron chi connectivity index (χ1n) is 9.52. The lowest BCUT2D eigenvalue weighted by atomic mass is 9.67. The predicted molar refractivity (Wildman–Crippen MR) is 104 cm³/mol. The number of carbonyl (C=O) groups excluding carboxylic acids is 2. The lowest BCUT2D eigenvalue weighted by Gasteiger charge is -2.42. The molecule has 3 aromatic rings. The van der Waals surface area contributed by atoms with Crippen molar-refractivity contribution < 1.29 is 18.7 Å². The largest absolute Gasteiger partial charge is 0.463 e. The number of nitrogens with one attached hydrogen (secondary N) is 1. The average molecular weight is 397 g/mol. The van der Waals surface area contributed by atoms with Gasteiger partial charge < -0.3 is 20.2 Å². The summed E-state index contributed by atoms with van der Waals surface area (Å²) in [6.07, 6.45) is 7.16. The van der Waals surface area contributed by atoms with Gasteiger partial charge in [0.1, 0.15) is 12.0 Å². The average Bonchev–Trinajstić information content (AvgIpc) is 3.35. The van der Waals surface area contributed by atoms with Crippen LogP contribution < -0.4 is 11.1 Å². The molecule has 3 aromatic heterocycles. The Hall–Kier alpha value is -3.20. The Labute approximate surface area is 167 Å². The topological polar surface area (TPSA) is 125 Å². The minimum atomic E-state index is -0.712. The number of carbonyl (C=O) groups is 2. The zero-order valence-corrected chi connectivity index (χ0v) is 16.2. The third kappa shape index (κ3) is 3.61. The van der Waals surface area contributed by atoms with Gasteiger partial charge in [0.2, 0.25) is 0 Å². The maximum absolute atomic E-state index is 12.9. The second kappa shape index (κ2) is 7.67. The van der Waals surface area contributed by atoms with E-state index < -0.39 is 5.91 Å². The Morgan fingerprint density at radius 2 is 2.24 bits per heavy atom. The van der Waals surface area contributed by atoms with Crippen LogP contribution in [0.1, 0.15) is 46.7 Å². The Kier molecular flexibility index (Phi) is 5.06. The van der Waals surface area contributed by atoms with Gasteiger partial charge in [-0.25, -0.2) is 9.97 Å². The SMILES string of the molecule is COCCC1(CNC(=O)c2cc(-c3ccco3)n3cnc(C(N)=O)c3n2)CCC1. The number of furan rings is 1. The van der Waals surface area contributed by atoms with E-state index in [0.717, 1.165) is 25.7 Å². The zero-order chi connectivity index (χ0) is 20.4. The summed E-state index contributed by atoms with van der Waals surface area (Å²) >= 11 is 0. The summed E-state index contributed by atoms with van der Waals surface area (Å²) in [5, 5.41) is 3.00. The number of aromatic nitrogens is 3. The molecule has 0 aliphatic heterocycles. The quantitative estimate of drug-likeness (QED) is 0.599. The molecule has 29 heavy (non-hydrogen) atoms. The maximum atomic E-state index is 12.9. The number of nitrogens with zero attached hydrogens (tertiary/aromatic N) is 3. The van der Waals surface area contributed by atoms with Gasteiger partial charge in [0.25, 0.3) is 11.8 Å². The molecule has 1 aliphatic rings. The monoisotopic (exact) mass is 397 g/mol. The third-order valence-corrected chi connectivity index (χ3v) is 5.62. The van der Waals surface area contributed by atoms with Gasteiger partial charge in [0.05, 0.1) is 12.0 Å². The molecule has 152 valence electrons. The lowest BCUT2D eigenvalue weighted by Crippen LogP contribution is -2.43. The number of amides is 2. The lowest BCUT2D eigenvalue weighted by molar-refractivity contribution is 0.0630. The van der Waals surface area contributed by atoms with Gasteiger partial charge >= 0.3 is 0 Å². The minimum Gasteiger partial charge on any atom is -0.463 e. The van der Waals surface area contributed by atoms with Crippen LogP contribution in [0, 0.1) is 5.41 Å². The van der Waals surface area contributed by atoms with Gasteiger partial charge in [-0.3, -0.25) is 14.0 Å². The van der Waals surface area contributed by atoms with Crippen molar-refractivity contribution in [2.45, 2.75) is 25.7 Å². The van der Waals surface area contributed by atoms with Crippen molar-refractivity contribution in [3.63, 3.8) is 0 Å². The highest BCUT2D eigenvalue weighted by atomic mass is 16.5. The van der Waals surface area contributed by atoms with E-state index in [1.807, 2.05) is 0 Å². The van der Waals surface area contributed by atoms with E-state index in [2.05, 4.69) is 15.3 Å². The normalized spacial score (nSPS) is 15.2. The summed E-state index contributed by atoms with van der Waals surface area (Å²) < 4.78 is 12.3. The van der Waals surface area contributed by atoms with Gasteiger partial charge in [0.15, 0.2) is 17.1 Å². The summed E-state index contributed by atoms with van der Waals surface area (Å²) in [4.78, 5) is 33.0. The third-order valence-electron chi connectivity index (χ3n) is 5.62. The molecule has 4 rings (SSSR count). The number of nitrogens with two attached hydrogens (primary N) is 1. The molecule has 0 bridgehead atoms. The van der Waals surface area contributed by atoms with Crippen molar-refractivity contribution in [1.29, 1.82) is 0 Å². The molecule has 0 unspecified atom stereocenters. The molecule has 1 fully saturated rings. The van der Waals surface area contributed by atoms with Crippen LogP contribution in [0.2, 0.25) is 0 Å². The van der Waals surface area contributed by atoms with Crippen LogP contribution >= 0.6 is 0 Å². The molecule has 9 nitrogen and oxygen atoms in total. The molecule has 0 radical (unpaired) electrons. The molecule has 0 saturated heterocycles. The first-order chi connectivity index (χ1) is 14.0. The van der Waals surface area contributed by atoms with Crippen LogP contribution in [0.15, 0.2) is 35.2 Å². The van der Waals surface area contributed by atoms with Gasteiger partial charge in [-0.05, 0) is 42.9 Å². The van der Waals surface area contributed by atoms with Crippen LogP contribution in [0.25, 0.3) is 17.1 Å². The molecule has 0 atom stereocenters. The second-order valence-electron chi connectivity index (χ2n) is 7.43. The molecule has 0 aromatic carbocycles. The Bertz CT molecular complexity index is 1040. The van der Waals surface area contributed by atoms with E-state index in [1.54, 1.807) is 29.7 Å². The summed E-state index contributed by atoms with van der Waals surface area (Å²) in [6.45, 7) is 1.22. The molecule has 9 heteroatoms. The molecule has 1 aliphatic carbocycles. The van der Waals surface area contributed by atoms with Crippen LogP contribution in [0.5, 0.6) is 0 Å². The van der Waals surface area contributed by atoms with Crippen LogP contribution in [-0.2, 0) is 4.74 Å². The standard InChI is InChI=1S/C20H23N5O4/c1-28-9-7-20(5-3-6-20)11-22-19(27)13-10-14(15-4-2-8-29-15)25-12-23-16(17(21)26)18(25)24-13/h2,4,8,10,12H,3,5-7,9,11H2,1H3,(H2,21,26)(H,22,27). The Morgan fingerprint density at radius 1 is 1.41 bits per heavy atom. The fraction of sp³-hybridized carbons (Fsp3) is 0.400. The van der Waals surface area contributed by atoms with Crippen molar-refractivity contribution in [3.8, 4) is 11.5 Å². The van der Waals surface area contributed by atoms with E-state index in [9.17, 15) is 9.59 Å². The smallest absolute Gasteiger partial charge is 0.271 e. The second-order valence-corrected chi connectivity index (χ2v) is 7.43. The van der Waals surface area contributed by atoms with E-state index in [-0.39, 0.29) is 28.4 Å². The molecular weight excluding hydrogens is 374 g/mol. The molecule has 3 heterocycles. The van der Waals surface area contributed by atoms with Gasteiger partial charge in [0, 0.05) is 20.3 Å². The first-order valence-corrected chi connectivity index (χ1v) is 9.52. The number of hydrogen-bond donors (Lipinski definition) is 2. The van der Waals surface area contributed by atoms with Crippen molar-refractivity contribution in [1.82, 2.24) is 19.7 Å². The van der Waals surface area contributed by atoms with E-state index in [4.69, 9.17) is 14.9 Å². The molecule has 1 saturated carbocycles. The highest BCUT2D eigenvalue weighted by Crippen LogP contribution is 2.43. The molecule has 3 N–H and O–H groups in total. The number of hydrogen-bond acceptors (Lipinski definition) is 6. The van der Waals surface area contributed by atoms with Gasteiger partial charge in [-0.15, -0.1) is 0 Å². The Balaban J connectivity index is 1.65. The molecule has 0 spiro atoms. The zero-order valence-electron chi connectivity index (χ0n) is 16.2. The molecule has 2 amide bonds. The van der Waals surface area contributed by atoms with Crippen LogP contribution in [-0.4, -0.2) is 46.4 Å². The highest BCUT2D eigenvalue weighted by Gasteiger charge is 2.37. The highest BCUT2D eigenvalue weighted by molar-refractivity contribution is 5.99. The molecular formula is C20H23N5O4. The number of rotatable bonds is 8. The number of methoxy groups -OCH3 is 1. The maximum Gasteiger partial charge on any atom is 0.271 e. The summed E-state index contributed by atoms with van der Waals surface area (Å²) in [5.41, 5.74) is 6.45. The van der Waals surface area contributed by atoms with Crippen LogP contribution in [0.4, 0.5) is 0 Å². The minimum absolute atomic E-state index is 0.00279. The number of primary amides is 1. The number of fused-ring (bicyclic) bond motifs is 1. The summed E-state index contributed by atoms with van der Waals surface area (Å²) in [7, 11) is 1.68. The van der Waals surface area contributed by atoms with Crippen LogP contribution in [0.3, 0.4) is 0 Å². The van der Waals surface area contributed by atoms with Gasteiger partial charge in [-0.1, -0.05) is 6.42 Å². The van der Waals surface area contributed by atoms with Crippen molar-refractivity contribution >= 4 is 17.5 Å². The first kappa shape index (κ1) is 19.1. The van der Waals surface area contributed by atoms with E-state index >= 15 is 0 Å². The number of imidazole rings is 1.